The van der Waals surface area contributed by atoms with Gasteiger partial charge in [-0.2, -0.15) is 0 Å². The Morgan fingerprint density at radius 3 is 2.56 bits per heavy atom. The molecule has 0 unspecified atom stereocenters. The first-order chi connectivity index (χ1) is 12.1. The van der Waals surface area contributed by atoms with Crippen molar-refractivity contribution in [3.63, 3.8) is 0 Å². The molecule has 1 aromatic carbocycles. The molecule has 0 atom stereocenters. The summed E-state index contributed by atoms with van der Waals surface area (Å²) in [5.74, 6) is 1.56. The zero-order valence-corrected chi connectivity index (χ0v) is 15.6. The Bertz CT molecular complexity index is 739. The van der Waals surface area contributed by atoms with E-state index in [1.165, 1.54) is 11.3 Å². The average Bonchev–Trinajstić information content (AvgIpc) is 3.03. The number of nitrogens with one attached hydrogen (secondary N) is 1. The van der Waals surface area contributed by atoms with Gasteiger partial charge in [-0.1, -0.05) is 23.5 Å². The lowest BCUT2D eigenvalue weighted by molar-refractivity contribution is 0.0594. The maximum Gasteiger partial charge on any atom is 0.265 e. The maximum atomic E-state index is 12.7. The summed E-state index contributed by atoms with van der Waals surface area (Å²) < 4.78 is 11.4. The molecule has 7 heteroatoms. The summed E-state index contributed by atoms with van der Waals surface area (Å²) in [6.07, 6.45) is 1.71. The number of benzene rings is 1. The summed E-state index contributed by atoms with van der Waals surface area (Å²) >= 11 is 1.41. The number of anilines is 1. The van der Waals surface area contributed by atoms with Crippen molar-refractivity contribution in [1.29, 1.82) is 0 Å². The molecule has 0 saturated carbocycles. The minimum absolute atomic E-state index is 0.0623. The Labute approximate surface area is 151 Å². The number of likely N-dealkylation sites (tertiary alicyclic amines) is 1. The number of hydrogen-bond acceptors (Lipinski definition) is 6. The molecule has 0 radical (unpaired) electrons. The average molecular weight is 361 g/mol. The number of rotatable bonds is 5. The van der Waals surface area contributed by atoms with Gasteiger partial charge in [-0.15, -0.1) is 0 Å². The van der Waals surface area contributed by atoms with Crippen LogP contribution in [0.25, 0.3) is 0 Å². The fourth-order valence-electron chi connectivity index (χ4n) is 2.92. The van der Waals surface area contributed by atoms with Crippen molar-refractivity contribution in [3.8, 4) is 11.5 Å². The molecule has 2 heterocycles. The second kappa shape index (κ2) is 7.74. The number of nitrogens with zero attached hydrogens (tertiary/aromatic N) is 2. The van der Waals surface area contributed by atoms with E-state index in [4.69, 9.17) is 9.47 Å². The monoisotopic (exact) mass is 361 g/mol. The van der Waals surface area contributed by atoms with Gasteiger partial charge in [0, 0.05) is 33.0 Å². The number of piperidine rings is 1. The van der Waals surface area contributed by atoms with E-state index in [1.807, 2.05) is 43.1 Å². The molecule has 1 aromatic heterocycles. The van der Waals surface area contributed by atoms with Gasteiger partial charge in [-0.3, -0.25) is 4.79 Å². The highest BCUT2D eigenvalue weighted by Gasteiger charge is 2.27. The standard InChI is InChI=1S/C18H23N3O3S/c1-12-16(25-18(19-2)20-12)17(22)21-10-8-13(9-11-21)24-15-7-5-4-6-14(15)23-3/h4-7,13H,8-11H2,1-3H3,(H,19,20). The molecule has 1 N–H and O–H groups in total. The predicted octanol–water partition coefficient (Wildman–Crippen LogP) is 3.19. The molecular weight excluding hydrogens is 338 g/mol. The number of para-hydroxylation sites is 2. The molecule has 134 valence electrons. The summed E-state index contributed by atoms with van der Waals surface area (Å²) in [5.41, 5.74) is 0.784. The molecule has 0 spiro atoms. The Balaban J connectivity index is 1.59. The number of aromatic nitrogens is 1. The third-order valence-corrected chi connectivity index (χ3v) is 5.46. The van der Waals surface area contributed by atoms with Crippen molar-refractivity contribution in [2.45, 2.75) is 25.9 Å². The van der Waals surface area contributed by atoms with Crippen molar-refractivity contribution in [3.05, 3.63) is 34.8 Å². The molecule has 1 aliphatic rings. The van der Waals surface area contributed by atoms with Crippen molar-refractivity contribution in [2.24, 2.45) is 0 Å². The minimum Gasteiger partial charge on any atom is -0.493 e. The summed E-state index contributed by atoms with van der Waals surface area (Å²) in [6.45, 7) is 3.25. The van der Waals surface area contributed by atoms with Crippen LogP contribution in [0.1, 0.15) is 28.2 Å². The molecule has 1 amide bonds. The first-order valence-corrected chi connectivity index (χ1v) is 9.18. The van der Waals surface area contributed by atoms with E-state index in [-0.39, 0.29) is 12.0 Å². The number of amides is 1. The Hall–Kier alpha value is -2.28. The number of ether oxygens (including phenoxy) is 2. The molecule has 1 saturated heterocycles. The van der Waals surface area contributed by atoms with Gasteiger partial charge >= 0.3 is 0 Å². The molecule has 1 fully saturated rings. The third-order valence-electron chi connectivity index (χ3n) is 4.30. The highest BCUT2D eigenvalue weighted by molar-refractivity contribution is 7.17. The molecule has 3 rings (SSSR count). The fourth-order valence-corrected chi connectivity index (χ4v) is 3.81. The quantitative estimate of drug-likeness (QED) is 0.886. The third kappa shape index (κ3) is 3.87. The largest absolute Gasteiger partial charge is 0.493 e. The van der Waals surface area contributed by atoms with Crippen molar-refractivity contribution in [1.82, 2.24) is 9.88 Å². The molecule has 6 nitrogen and oxygen atoms in total. The summed E-state index contributed by atoms with van der Waals surface area (Å²) in [4.78, 5) is 19.7. The van der Waals surface area contributed by atoms with Gasteiger partial charge < -0.3 is 19.7 Å². The number of carbonyl (C=O) groups is 1. The number of aryl methyl sites for hydroxylation is 1. The van der Waals surface area contributed by atoms with Crippen LogP contribution in [0.15, 0.2) is 24.3 Å². The zero-order valence-electron chi connectivity index (χ0n) is 14.7. The minimum atomic E-state index is 0.0623. The van der Waals surface area contributed by atoms with Gasteiger partial charge in [0.1, 0.15) is 11.0 Å². The van der Waals surface area contributed by atoms with Crippen LogP contribution in [0.5, 0.6) is 11.5 Å². The van der Waals surface area contributed by atoms with Gasteiger partial charge in [-0.05, 0) is 19.1 Å². The molecule has 2 aromatic rings. The molecule has 1 aliphatic heterocycles. The Morgan fingerprint density at radius 1 is 1.28 bits per heavy atom. The van der Waals surface area contributed by atoms with Crippen LogP contribution in [0.4, 0.5) is 5.13 Å². The van der Waals surface area contributed by atoms with E-state index in [1.54, 1.807) is 7.11 Å². The summed E-state index contributed by atoms with van der Waals surface area (Å²) in [5, 5.41) is 3.77. The molecular formula is C18H23N3O3S. The first kappa shape index (κ1) is 17.5. The lowest BCUT2D eigenvalue weighted by atomic mass is 10.1. The number of hydrogen-bond donors (Lipinski definition) is 1. The number of carbonyl (C=O) groups excluding carboxylic acids is 1. The van der Waals surface area contributed by atoms with Crippen LogP contribution in [0.3, 0.4) is 0 Å². The Kier molecular flexibility index (Phi) is 5.43. The van der Waals surface area contributed by atoms with Crippen molar-refractivity contribution in [2.75, 3.05) is 32.6 Å². The van der Waals surface area contributed by atoms with E-state index in [0.717, 1.165) is 35.2 Å². The van der Waals surface area contributed by atoms with Crippen molar-refractivity contribution < 1.29 is 14.3 Å². The highest BCUT2D eigenvalue weighted by atomic mass is 32.1. The lowest BCUT2D eigenvalue weighted by Gasteiger charge is -2.32. The summed E-state index contributed by atoms with van der Waals surface area (Å²) in [6, 6.07) is 7.66. The van der Waals surface area contributed by atoms with Crippen LogP contribution in [-0.2, 0) is 0 Å². The normalized spacial score (nSPS) is 15.1. The number of thiazole rings is 1. The maximum absolute atomic E-state index is 12.7. The van der Waals surface area contributed by atoms with Gasteiger partial charge in [-0.25, -0.2) is 4.98 Å². The summed E-state index contributed by atoms with van der Waals surface area (Å²) in [7, 11) is 3.45. The van der Waals surface area contributed by atoms with Crippen LogP contribution in [0, 0.1) is 6.92 Å². The van der Waals surface area contributed by atoms with Gasteiger partial charge in [0.25, 0.3) is 5.91 Å². The lowest BCUT2D eigenvalue weighted by Crippen LogP contribution is -2.41. The van der Waals surface area contributed by atoms with Gasteiger partial charge in [0.2, 0.25) is 0 Å². The second-order valence-corrected chi connectivity index (χ2v) is 6.94. The predicted molar refractivity (Wildman–Crippen MR) is 98.9 cm³/mol. The van der Waals surface area contributed by atoms with E-state index < -0.39 is 0 Å². The van der Waals surface area contributed by atoms with E-state index >= 15 is 0 Å². The smallest absolute Gasteiger partial charge is 0.265 e. The second-order valence-electron chi connectivity index (χ2n) is 5.94. The van der Waals surface area contributed by atoms with Crippen LogP contribution >= 0.6 is 11.3 Å². The fraction of sp³-hybridized carbons (Fsp3) is 0.444. The van der Waals surface area contributed by atoms with E-state index in [2.05, 4.69) is 10.3 Å². The van der Waals surface area contributed by atoms with E-state index in [0.29, 0.717) is 18.0 Å². The van der Waals surface area contributed by atoms with E-state index in [9.17, 15) is 4.79 Å². The van der Waals surface area contributed by atoms with Crippen LogP contribution < -0.4 is 14.8 Å². The molecule has 25 heavy (non-hydrogen) atoms. The molecule has 0 bridgehead atoms. The first-order valence-electron chi connectivity index (χ1n) is 8.36. The van der Waals surface area contributed by atoms with Crippen molar-refractivity contribution >= 4 is 22.4 Å². The highest BCUT2D eigenvalue weighted by Crippen LogP contribution is 2.30. The molecule has 0 aliphatic carbocycles. The van der Waals surface area contributed by atoms with Gasteiger partial charge in [0.15, 0.2) is 16.6 Å². The van der Waals surface area contributed by atoms with Gasteiger partial charge in [0.05, 0.1) is 12.8 Å². The number of methoxy groups -OCH3 is 1. The zero-order chi connectivity index (χ0) is 17.8. The topological polar surface area (TPSA) is 63.7 Å². The Morgan fingerprint density at radius 2 is 1.96 bits per heavy atom. The van der Waals surface area contributed by atoms with Crippen LogP contribution in [0.2, 0.25) is 0 Å². The van der Waals surface area contributed by atoms with Crippen LogP contribution in [-0.4, -0.2) is 49.1 Å². The SMILES string of the molecule is CNc1nc(C)c(C(=O)N2CCC(Oc3ccccc3OC)CC2)s1.